The Kier molecular flexibility index (Phi) is 11.2. The van der Waals surface area contributed by atoms with Crippen molar-refractivity contribution in [1.82, 2.24) is 9.80 Å². The van der Waals surface area contributed by atoms with Crippen LogP contribution in [0.4, 0.5) is 0 Å². The van der Waals surface area contributed by atoms with Crippen molar-refractivity contribution in [2.75, 3.05) is 39.3 Å². The van der Waals surface area contributed by atoms with Gasteiger partial charge in [0.25, 0.3) is 0 Å². The van der Waals surface area contributed by atoms with E-state index in [4.69, 9.17) is 10.5 Å². The predicted octanol–water partition coefficient (Wildman–Crippen LogP) is 2.10. The molecule has 5 nitrogen and oxygen atoms in total. The molecule has 1 atom stereocenters. The Morgan fingerprint density at radius 1 is 1.12 bits per heavy atom. The first-order chi connectivity index (χ1) is 10.6. The Morgan fingerprint density at radius 2 is 1.71 bits per heavy atom. The number of nitrogens with zero attached hydrogens (tertiary/aromatic N) is 2. The van der Waals surface area contributed by atoms with E-state index in [0.29, 0.717) is 0 Å². The van der Waals surface area contributed by atoms with Crippen LogP contribution in [0.5, 0.6) is 0 Å². The van der Waals surface area contributed by atoms with Crippen molar-refractivity contribution in [3.63, 3.8) is 0 Å². The molecular formula is C17H29Cl2N3O2. The van der Waals surface area contributed by atoms with Gasteiger partial charge in [0.1, 0.15) is 6.04 Å². The fourth-order valence-electron chi connectivity index (χ4n) is 2.61. The molecule has 0 spiro atoms. The number of halogens is 2. The average Bonchev–Trinajstić information content (AvgIpc) is 2.54. The van der Waals surface area contributed by atoms with Gasteiger partial charge in [-0.05, 0) is 19.4 Å². The van der Waals surface area contributed by atoms with Gasteiger partial charge in [-0.2, -0.15) is 0 Å². The van der Waals surface area contributed by atoms with E-state index < -0.39 is 6.04 Å². The number of ether oxygens (including phenoxy) is 1. The number of carbonyl (C=O) groups excluding carboxylic acids is 1. The zero-order chi connectivity index (χ0) is 15.9. The van der Waals surface area contributed by atoms with E-state index in [-0.39, 0.29) is 36.8 Å². The first-order valence-corrected chi connectivity index (χ1v) is 8.01. The minimum Gasteiger partial charge on any atom is -0.377 e. The van der Waals surface area contributed by atoms with E-state index in [9.17, 15) is 4.79 Å². The maximum atomic E-state index is 12.5. The van der Waals surface area contributed by atoms with Crippen LogP contribution in [0.2, 0.25) is 0 Å². The van der Waals surface area contributed by atoms with Gasteiger partial charge in [-0.3, -0.25) is 9.69 Å². The van der Waals surface area contributed by atoms with Gasteiger partial charge in [-0.1, -0.05) is 30.3 Å². The van der Waals surface area contributed by atoms with E-state index >= 15 is 0 Å². The quantitative estimate of drug-likeness (QED) is 0.824. The molecule has 0 aliphatic carbocycles. The number of piperazine rings is 1. The topological polar surface area (TPSA) is 58.8 Å². The smallest absolute Gasteiger partial charge is 0.244 e. The number of rotatable bonds is 6. The highest BCUT2D eigenvalue weighted by atomic mass is 35.5. The van der Waals surface area contributed by atoms with Crippen LogP contribution in [0.15, 0.2) is 30.3 Å². The number of carbonyl (C=O) groups is 1. The van der Waals surface area contributed by atoms with Crippen molar-refractivity contribution in [2.45, 2.75) is 26.0 Å². The van der Waals surface area contributed by atoms with Crippen LogP contribution in [0.1, 0.15) is 25.5 Å². The lowest BCUT2D eigenvalue weighted by Crippen LogP contribution is -2.51. The van der Waals surface area contributed by atoms with Crippen LogP contribution in [-0.2, 0) is 9.53 Å². The largest absolute Gasteiger partial charge is 0.377 e. The Labute approximate surface area is 157 Å². The molecule has 24 heavy (non-hydrogen) atoms. The number of amides is 1. The second kappa shape index (κ2) is 11.7. The lowest BCUT2D eigenvalue weighted by molar-refractivity contribution is -0.134. The maximum absolute atomic E-state index is 12.5. The highest BCUT2D eigenvalue weighted by Crippen LogP contribution is 2.14. The highest BCUT2D eigenvalue weighted by molar-refractivity contribution is 5.85. The normalized spacial score (nSPS) is 16.2. The molecule has 1 aliphatic rings. The summed E-state index contributed by atoms with van der Waals surface area (Å²) in [5, 5.41) is 0. The molecule has 1 saturated heterocycles. The zero-order valence-corrected chi connectivity index (χ0v) is 16.0. The molecular weight excluding hydrogens is 349 g/mol. The number of hydrogen-bond acceptors (Lipinski definition) is 4. The van der Waals surface area contributed by atoms with Gasteiger partial charge in [0.15, 0.2) is 0 Å². The van der Waals surface area contributed by atoms with Gasteiger partial charge in [0.05, 0.1) is 12.7 Å². The van der Waals surface area contributed by atoms with Crippen LogP contribution in [0, 0.1) is 0 Å². The Hall–Kier alpha value is -0.850. The number of nitrogens with two attached hydrogens (primary N) is 1. The first-order valence-electron chi connectivity index (χ1n) is 8.01. The number of hydrogen-bond donors (Lipinski definition) is 1. The lowest BCUT2D eigenvalue weighted by atomic mass is 10.1. The van der Waals surface area contributed by atoms with E-state index in [1.807, 2.05) is 49.1 Å². The maximum Gasteiger partial charge on any atom is 0.244 e. The predicted molar refractivity (Wildman–Crippen MR) is 102 cm³/mol. The molecule has 2 rings (SSSR count). The molecule has 1 fully saturated rings. The molecule has 1 amide bonds. The molecule has 1 unspecified atom stereocenters. The van der Waals surface area contributed by atoms with Crippen LogP contribution < -0.4 is 5.73 Å². The van der Waals surface area contributed by atoms with E-state index in [1.165, 1.54) is 0 Å². The summed E-state index contributed by atoms with van der Waals surface area (Å²) in [5.41, 5.74) is 6.97. The summed E-state index contributed by atoms with van der Waals surface area (Å²) in [7, 11) is 0. The molecule has 2 N–H and O–H groups in total. The van der Waals surface area contributed by atoms with Crippen molar-refractivity contribution in [1.29, 1.82) is 0 Å². The third-order valence-corrected chi connectivity index (χ3v) is 3.97. The van der Waals surface area contributed by atoms with Crippen molar-refractivity contribution in [2.24, 2.45) is 5.73 Å². The highest BCUT2D eigenvalue weighted by Gasteiger charge is 2.25. The molecule has 1 aliphatic heterocycles. The third-order valence-electron chi connectivity index (χ3n) is 3.97. The second-order valence-electron chi connectivity index (χ2n) is 5.97. The molecule has 0 saturated carbocycles. The van der Waals surface area contributed by atoms with Crippen molar-refractivity contribution >= 4 is 30.7 Å². The molecule has 0 radical (unpaired) electrons. The molecule has 0 bridgehead atoms. The third kappa shape index (κ3) is 6.95. The van der Waals surface area contributed by atoms with Crippen molar-refractivity contribution in [3.8, 4) is 0 Å². The van der Waals surface area contributed by atoms with Gasteiger partial charge < -0.3 is 15.4 Å². The van der Waals surface area contributed by atoms with Gasteiger partial charge >= 0.3 is 0 Å². The summed E-state index contributed by atoms with van der Waals surface area (Å²) >= 11 is 0. The van der Waals surface area contributed by atoms with Gasteiger partial charge in [0.2, 0.25) is 5.91 Å². The van der Waals surface area contributed by atoms with Crippen LogP contribution in [0.25, 0.3) is 0 Å². The Balaban J connectivity index is 0.00000264. The van der Waals surface area contributed by atoms with Crippen LogP contribution in [0.3, 0.4) is 0 Å². The van der Waals surface area contributed by atoms with E-state index in [0.717, 1.165) is 44.9 Å². The average molecular weight is 378 g/mol. The standard InChI is InChI=1S/C17H27N3O2.2ClH/c1-14(2)22-13-12-19-8-10-20(11-9-19)17(21)16(18)15-6-4-3-5-7-15;;/h3-7,14,16H,8-13,18H2,1-2H3;2*1H. The van der Waals surface area contributed by atoms with Crippen LogP contribution >= 0.6 is 24.8 Å². The lowest BCUT2D eigenvalue weighted by Gasteiger charge is -2.36. The van der Waals surface area contributed by atoms with Crippen molar-refractivity contribution < 1.29 is 9.53 Å². The number of benzene rings is 1. The monoisotopic (exact) mass is 377 g/mol. The SMILES string of the molecule is CC(C)OCCN1CCN(C(=O)C(N)c2ccccc2)CC1.Cl.Cl. The molecule has 7 heteroatoms. The summed E-state index contributed by atoms with van der Waals surface area (Å²) in [6.07, 6.45) is 0.270. The fraction of sp³-hybridized carbons (Fsp3) is 0.588. The van der Waals surface area contributed by atoms with Crippen molar-refractivity contribution in [3.05, 3.63) is 35.9 Å². The molecule has 138 valence electrons. The summed E-state index contributed by atoms with van der Waals surface area (Å²) in [6.45, 7) is 8.99. The fourth-order valence-corrected chi connectivity index (χ4v) is 2.61. The second-order valence-corrected chi connectivity index (χ2v) is 5.97. The first kappa shape index (κ1) is 23.1. The summed E-state index contributed by atoms with van der Waals surface area (Å²) in [4.78, 5) is 16.7. The Bertz CT molecular complexity index is 466. The Morgan fingerprint density at radius 3 is 2.25 bits per heavy atom. The van der Waals surface area contributed by atoms with E-state index in [2.05, 4.69) is 4.90 Å². The minimum absolute atomic E-state index is 0. The van der Waals surface area contributed by atoms with E-state index in [1.54, 1.807) is 0 Å². The van der Waals surface area contributed by atoms with Gasteiger partial charge in [-0.15, -0.1) is 24.8 Å². The molecule has 1 aromatic carbocycles. The zero-order valence-electron chi connectivity index (χ0n) is 14.4. The summed E-state index contributed by atoms with van der Waals surface area (Å²) in [5.74, 6) is 0.0179. The van der Waals surface area contributed by atoms with Gasteiger partial charge in [0, 0.05) is 32.7 Å². The molecule has 1 heterocycles. The summed E-state index contributed by atoms with van der Waals surface area (Å²) in [6, 6.07) is 9.00. The van der Waals surface area contributed by atoms with Gasteiger partial charge in [-0.25, -0.2) is 0 Å². The minimum atomic E-state index is -0.558. The van der Waals surface area contributed by atoms with Crippen LogP contribution in [-0.4, -0.2) is 61.1 Å². The molecule has 0 aromatic heterocycles. The molecule has 1 aromatic rings. The summed E-state index contributed by atoms with van der Waals surface area (Å²) < 4.78 is 5.57.